The maximum atomic E-state index is 11.8. The summed E-state index contributed by atoms with van der Waals surface area (Å²) in [4.78, 5) is 10.9. The Morgan fingerprint density at radius 1 is 1.59 bits per heavy atom. The van der Waals surface area contributed by atoms with E-state index in [1.165, 1.54) is 0 Å². The second kappa shape index (κ2) is 5.32. The van der Waals surface area contributed by atoms with Gasteiger partial charge in [-0.15, -0.1) is 0 Å². The van der Waals surface area contributed by atoms with Crippen molar-refractivity contribution in [3.8, 4) is 0 Å². The van der Waals surface area contributed by atoms with Crippen LogP contribution in [-0.4, -0.2) is 44.3 Å². The maximum Gasteiger partial charge on any atom is 0.421 e. The van der Waals surface area contributed by atoms with Crippen LogP contribution in [0.1, 0.15) is 19.3 Å². The molecule has 8 nitrogen and oxygen atoms in total. The lowest BCUT2D eigenvalue weighted by molar-refractivity contribution is 0.177. The van der Waals surface area contributed by atoms with Crippen molar-refractivity contribution in [2.75, 3.05) is 13.7 Å². The Hall–Kier alpha value is -1.35. The van der Waals surface area contributed by atoms with Crippen LogP contribution < -0.4 is 10.5 Å². The molecule has 0 aliphatic heterocycles. The van der Waals surface area contributed by atoms with E-state index in [0.717, 1.165) is 24.3 Å². The number of hydrogen-bond donors (Lipinski definition) is 3. The third-order valence-electron chi connectivity index (χ3n) is 2.26. The monoisotopic (exact) mass is 264 g/mol. The Labute approximate surface area is 99.8 Å². The number of amidine groups is 1. The van der Waals surface area contributed by atoms with Crippen molar-refractivity contribution in [3.63, 3.8) is 0 Å². The zero-order valence-electron chi connectivity index (χ0n) is 9.47. The average Bonchev–Trinajstić information content (AvgIpc) is 3.00. The number of nitrogens with one attached hydrogen (secondary N) is 2. The molecule has 0 unspecified atom stereocenters. The van der Waals surface area contributed by atoms with Gasteiger partial charge in [-0.1, -0.05) is 0 Å². The number of nitrogens with two attached hydrogens (primary N) is 1. The topological polar surface area (TPSA) is 126 Å². The molecule has 0 atom stereocenters. The van der Waals surface area contributed by atoms with Crippen molar-refractivity contribution in [1.82, 2.24) is 9.03 Å². The molecule has 1 aliphatic rings. The van der Waals surface area contributed by atoms with Gasteiger partial charge in [0, 0.05) is 19.0 Å². The van der Waals surface area contributed by atoms with E-state index in [9.17, 15) is 13.2 Å². The minimum absolute atomic E-state index is 0.0896. The molecule has 0 aromatic heterocycles. The molecule has 1 amide bonds. The molecule has 0 aromatic rings. The number of carbonyl (C=O) groups is 1. The summed E-state index contributed by atoms with van der Waals surface area (Å²) < 4.78 is 30.8. The standard InChI is InChI=1S/C8H16N4O4S/c1-16-8(13)11-17(14,15)12(6-2-3-6)5-4-7(9)10/h6H,2-5H2,1H3,(H3,9,10)(H,11,13). The largest absolute Gasteiger partial charge is 0.452 e. The van der Waals surface area contributed by atoms with Gasteiger partial charge in [0.2, 0.25) is 0 Å². The number of ether oxygens (including phenoxy) is 1. The molecule has 1 aliphatic carbocycles. The van der Waals surface area contributed by atoms with Gasteiger partial charge in [-0.05, 0) is 12.8 Å². The molecule has 1 fully saturated rings. The summed E-state index contributed by atoms with van der Waals surface area (Å²) in [5.41, 5.74) is 5.18. The number of hydrogen-bond acceptors (Lipinski definition) is 5. The highest BCUT2D eigenvalue weighted by molar-refractivity contribution is 7.87. The number of carbonyl (C=O) groups excluding carboxylic acids is 1. The quantitative estimate of drug-likeness (QED) is 0.435. The molecule has 9 heteroatoms. The van der Waals surface area contributed by atoms with E-state index in [0.29, 0.717) is 0 Å². The van der Waals surface area contributed by atoms with E-state index >= 15 is 0 Å². The average molecular weight is 264 g/mol. The van der Waals surface area contributed by atoms with Gasteiger partial charge >= 0.3 is 16.3 Å². The molecule has 4 N–H and O–H groups in total. The van der Waals surface area contributed by atoms with Crippen molar-refractivity contribution < 1.29 is 17.9 Å². The summed E-state index contributed by atoms with van der Waals surface area (Å²) in [7, 11) is -2.82. The van der Waals surface area contributed by atoms with Gasteiger partial charge in [-0.25, -0.2) is 9.52 Å². The third-order valence-corrected chi connectivity index (χ3v) is 3.78. The number of amides is 1. The first-order chi connectivity index (χ1) is 7.86. The second-order valence-electron chi connectivity index (χ2n) is 3.72. The molecule has 98 valence electrons. The fraction of sp³-hybridized carbons (Fsp3) is 0.750. The van der Waals surface area contributed by atoms with E-state index in [2.05, 4.69) is 4.74 Å². The van der Waals surface area contributed by atoms with Crippen LogP contribution in [0.5, 0.6) is 0 Å². The molecule has 0 saturated heterocycles. The fourth-order valence-corrected chi connectivity index (χ4v) is 2.64. The highest BCUT2D eigenvalue weighted by atomic mass is 32.2. The lowest BCUT2D eigenvalue weighted by atomic mass is 10.4. The Kier molecular flexibility index (Phi) is 4.29. The Morgan fingerprint density at radius 3 is 2.59 bits per heavy atom. The lowest BCUT2D eigenvalue weighted by Gasteiger charge is -2.21. The molecular weight excluding hydrogens is 248 g/mol. The van der Waals surface area contributed by atoms with Crippen LogP contribution in [0.4, 0.5) is 4.79 Å². The molecule has 0 aromatic carbocycles. The Bertz CT molecular complexity index is 404. The molecule has 0 spiro atoms. The zero-order valence-corrected chi connectivity index (χ0v) is 10.3. The summed E-state index contributed by atoms with van der Waals surface area (Å²) >= 11 is 0. The minimum atomic E-state index is -3.91. The van der Waals surface area contributed by atoms with Crippen LogP contribution in [0.3, 0.4) is 0 Å². The van der Waals surface area contributed by atoms with E-state index in [4.69, 9.17) is 11.1 Å². The van der Waals surface area contributed by atoms with Crippen LogP contribution in [-0.2, 0) is 14.9 Å². The summed E-state index contributed by atoms with van der Waals surface area (Å²) in [6.45, 7) is 0.0896. The predicted octanol–water partition coefficient (Wildman–Crippen LogP) is -0.622. The third kappa shape index (κ3) is 4.19. The SMILES string of the molecule is COC(=O)NS(=O)(=O)N(CCC(=N)N)C1CC1. The van der Waals surface area contributed by atoms with Gasteiger partial charge in [-0.3, -0.25) is 5.41 Å². The van der Waals surface area contributed by atoms with Crippen LogP contribution in [0.15, 0.2) is 0 Å². The predicted molar refractivity (Wildman–Crippen MR) is 60.7 cm³/mol. The normalized spacial score (nSPS) is 15.6. The van der Waals surface area contributed by atoms with Crippen molar-refractivity contribution >= 4 is 22.1 Å². The summed E-state index contributed by atoms with van der Waals surface area (Å²) in [5.74, 6) is -0.0936. The van der Waals surface area contributed by atoms with Crippen molar-refractivity contribution in [2.24, 2.45) is 5.73 Å². The number of nitrogens with zero attached hydrogens (tertiary/aromatic N) is 1. The van der Waals surface area contributed by atoms with Crippen LogP contribution in [0.2, 0.25) is 0 Å². The van der Waals surface area contributed by atoms with E-state index in [-0.39, 0.29) is 24.8 Å². The first kappa shape index (κ1) is 13.7. The van der Waals surface area contributed by atoms with E-state index in [1.54, 1.807) is 4.72 Å². The van der Waals surface area contributed by atoms with E-state index in [1.807, 2.05) is 0 Å². The summed E-state index contributed by atoms with van der Waals surface area (Å²) in [5, 5.41) is 7.08. The van der Waals surface area contributed by atoms with Gasteiger partial charge < -0.3 is 10.5 Å². The molecule has 0 heterocycles. The maximum absolute atomic E-state index is 11.8. The summed E-state index contributed by atoms with van der Waals surface area (Å²) in [6, 6.07) is -0.114. The van der Waals surface area contributed by atoms with Crippen LogP contribution in [0.25, 0.3) is 0 Å². The molecule has 0 radical (unpaired) electrons. The van der Waals surface area contributed by atoms with Crippen molar-refractivity contribution in [1.29, 1.82) is 5.41 Å². The first-order valence-corrected chi connectivity index (χ1v) is 6.51. The highest BCUT2D eigenvalue weighted by Gasteiger charge is 2.37. The van der Waals surface area contributed by atoms with Gasteiger partial charge in [0.05, 0.1) is 12.9 Å². The van der Waals surface area contributed by atoms with Crippen LogP contribution >= 0.6 is 0 Å². The van der Waals surface area contributed by atoms with Gasteiger partial charge in [0.15, 0.2) is 0 Å². The Balaban J connectivity index is 2.68. The van der Waals surface area contributed by atoms with Gasteiger partial charge in [0.25, 0.3) is 0 Å². The number of rotatable bonds is 6. The van der Waals surface area contributed by atoms with Gasteiger partial charge in [0.1, 0.15) is 0 Å². The van der Waals surface area contributed by atoms with E-state index < -0.39 is 16.3 Å². The number of methoxy groups -OCH3 is 1. The summed E-state index contributed by atoms with van der Waals surface area (Å²) in [6.07, 6.45) is 0.608. The fourth-order valence-electron chi connectivity index (χ4n) is 1.30. The zero-order chi connectivity index (χ0) is 13.1. The van der Waals surface area contributed by atoms with Crippen molar-refractivity contribution in [3.05, 3.63) is 0 Å². The molecular formula is C8H16N4O4S. The first-order valence-electron chi connectivity index (χ1n) is 5.07. The molecule has 1 saturated carbocycles. The van der Waals surface area contributed by atoms with Gasteiger partial charge in [-0.2, -0.15) is 12.7 Å². The second-order valence-corrected chi connectivity index (χ2v) is 5.34. The Morgan fingerprint density at radius 2 is 2.18 bits per heavy atom. The lowest BCUT2D eigenvalue weighted by Crippen LogP contribution is -2.45. The molecule has 0 bridgehead atoms. The molecule has 17 heavy (non-hydrogen) atoms. The highest BCUT2D eigenvalue weighted by Crippen LogP contribution is 2.28. The molecule has 1 rings (SSSR count). The van der Waals surface area contributed by atoms with Crippen molar-refractivity contribution in [2.45, 2.75) is 25.3 Å². The van der Waals surface area contributed by atoms with Crippen LogP contribution in [0, 0.1) is 5.41 Å². The smallest absolute Gasteiger partial charge is 0.421 e. The minimum Gasteiger partial charge on any atom is -0.452 e.